The number of anilines is 1. The Balaban J connectivity index is 1.72. The number of nitrogens with one attached hydrogen (secondary N) is 1. The molecule has 0 aliphatic carbocycles. The highest BCUT2D eigenvalue weighted by molar-refractivity contribution is 6.32. The maximum Gasteiger partial charge on any atom is 0.416 e. The minimum atomic E-state index is -4.62. The molecular weight excluding hydrogens is 478 g/mol. The molecule has 2 aromatic carbocycles. The van der Waals surface area contributed by atoms with E-state index in [-0.39, 0.29) is 33.9 Å². The van der Waals surface area contributed by atoms with Crippen molar-refractivity contribution in [3.8, 4) is 5.69 Å². The normalized spacial score (nSPS) is 15.8. The summed E-state index contributed by atoms with van der Waals surface area (Å²) in [5.74, 6) is -0.757. The first-order valence-corrected chi connectivity index (χ1v) is 10.1. The van der Waals surface area contributed by atoms with E-state index in [4.69, 9.17) is 0 Å². The summed E-state index contributed by atoms with van der Waals surface area (Å²) in [5.41, 5.74) is -2.43. The highest BCUT2D eigenvalue weighted by Crippen LogP contribution is 2.33. The number of rotatable bonds is 3. The van der Waals surface area contributed by atoms with E-state index in [1.807, 2.05) is 0 Å². The van der Waals surface area contributed by atoms with E-state index in [0.717, 1.165) is 46.1 Å². The molecule has 1 aromatic heterocycles. The fourth-order valence-corrected chi connectivity index (χ4v) is 3.55. The molecule has 0 spiro atoms. The highest BCUT2D eigenvalue weighted by Gasteiger charge is 2.34. The summed E-state index contributed by atoms with van der Waals surface area (Å²) in [7, 11) is 0. The van der Waals surface area contributed by atoms with Crippen molar-refractivity contribution in [2.24, 2.45) is 5.10 Å². The summed E-state index contributed by atoms with van der Waals surface area (Å²) in [6.45, 7) is 2.94. The summed E-state index contributed by atoms with van der Waals surface area (Å²) in [6.07, 6.45) is -8.01. The number of aryl methyl sites for hydroxylation is 1. The Morgan fingerprint density at radius 2 is 1.40 bits per heavy atom. The molecule has 1 aliphatic rings. The molecule has 6 nitrogen and oxygen atoms in total. The van der Waals surface area contributed by atoms with E-state index in [1.54, 1.807) is 0 Å². The number of benzene rings is 2. The van der Waals surface area contributed by atoms with E-state index >= 15 is 0 Å². The molecule has 0 atom stereocenters. The number of aromatic nitrogens is 2. The van der Waals surface area contributed by atoms with Crippen molar-refractivity contribution in [1.82, 2.24) is 9.78 Å². The monoisotopic (exact) mass is 494 g/mol. The zero-order valence-electron chi connectivity index (χ0n) is 18.1. The van der Waals surface area contributed by atoms with Gasteiger partial charge in [-0.05, 0) is 56.3 Å². The second-order valence-corrected chi connectivity index (χ2v) is 7.75. The van der Waals surface area contributed by atoms with Gasteiger partial charge in [0.05, 0.1) is 39.3 Å². The molecule has 35 heavy (non-hydrogen) atoms. The third-order valence-electron chi connectivity index (χ3n) is 5.32. The Labute approximate surface area is 193 Å². The second kappa shape index (κ2) is 8.29. The van der Waals surface area contributed by atoms with Crippen LogP contribution in [0, 0.1) is 6.92 Å². The van der Waals surface area contributed by atoms with Gasteiger partial charge in [0.1, 0.15) is 0 Å². The van der Waals surface area contributed by atoms with Crippen molar-refractivity contribution < 1.29 is 31.1 Å². The fraction of sp³-hybridized carbons (Fsp3) is 0.174. The highest BCUT2D eigenvalue weighted by atomic mass is 19.4. The van der Waals surface area contributed by atoms with E-state index in [2.05, 4.69) is 10.2 Å². The number of halogens is 6. The summed E-state index contributed by atoms with van der Waals surface area (Å²) < 4.78 is 79.3. The third-order valence-corrected chi connectivity index (χ3v) is 5.32. The van der Waals surface area contributed by atoms with Crippen molar-refractivity contribution in [2.45, 2.75) is 26.2 Å². The lowest BCUT2D eigenvalue weighted by Gasteiger charge is -2.14. The van der Waals surface area contributed by atoms with Gasteiger partial charge in [0.2, 0.25) is 0 Å². The van der Waals surface area contributed by atoms with Crippen molar-refractivity contribution in [3.63, 3.8) is 0 Å². The molecule has 12 heteroatoms. The number of hydrogen-bond donors (Lipinski definition) is 1. The van der Waals surface area contributed by atoms with Crippen LogP contribution in [-0.4, -0.2) is 21.4 Å². The number of nitrogens with zero attached hydrogens (tertiary/aromatic N) is 3. The molecule has 1 aliphatic heterocycles. The van der Waals surface area contributed by atoms with Crippen molar-refractivity contribution in [1.29, 1.82) is 0 Å². The Bertz CT molecular complexity index is 1440. The number of amides is 1. The summed E-state index contributed by atoms with van der Waals surface area (Å²) in [6, 6.07) is 8.20. The van der Waals surface area contributed by atoms with Crippen LogP contribution in [0.15, 0.2) is 64.0 Å². The number of carbonyl (C=O) groups excluding carboxylic acids is 1. The second-order valence-electron chi connectivity index (χ2n) is 7.75. The lowest BCUT2D eigenvalue weighted by atomic mass is 10.1. The molecule has 2 heterocycles. The minimum absolute atomic E-state index is 0.00814. The van der Waals surface area contributed by atoms with E-state index in [0.29, 0.717) is 0 Å². The van der Waals surface area contributed by atoms with Gasteiger partial charge in [-0.3, -0.25) is 14.7 Å². The van der Waals surface area contributed by atoms with Crippen molar-refractivity contribution in [2.75, 3.05) is 5.01 Å². The number of hydrazone groups is 1. The van der Waals surface area contributed by atoms with Gasteiger partial charge in [-0.2, -0.15) is 36.5 Å². The van der Waals surface area contributed by atoms with Gasteiger partial charge in [0.15, 0.2) is 0 Å². The Morgan fingerprint density at radius 1 is 0.857 bits per heavy atom. The van der Waals surface area contributed by atoms with Gasteiger partial charge in [0.25, 0.3) is 11.5 Å². The van der Waals surface area contributed by atoms with Crippen molar-refractivity contribution in [3.05, 3.63) is 86.8 Å². The predicted molar refractivity (Wildman–Crippen MR) is 116 cm³/mol. The van der Waals surface area contributed by atoms with Crippen molar-refractivity contribution >= 4 is 23.4 Å². The van der Waals surface area contributed by atoms with Crippen LogP contribution in [0.25, 0.3) is 11.8 Å². The molecule has 0 bridgehead atoms. The van der Waals surface area contributed by atoms with Gasteiger partial charge in [-0.15, -0.1) is 0 Å². The van der Waals surface area contributed by atoms with E-state index < -0.39 is 34.9 Å². The molecule has 0 radical (unpaired) electrons. The number of H-pyrrole nitrogens is 1. The van der Waals surface area contributed by atoms with Crippen LogP contribution in [0.4, 0.5) is 32.0 Å². The van der Waals surface area contributed by atoms with Gasteiger partial charge in [0, 0.05) is 5.69 Å². The summed E-state index contributed by atoms with van der Waals surface area (Å²) in [4.78, 5) is 25.9. The lowest BCUT2D eigenvalue weighted by molar-refractivity contribution is -0.138. The SMILES string of the molecule is CC1=NN(c2cccc(C(F)(F)F)c2)C(=O)C1=Cc1c(C)[nH]n(-c2cccc(C(F)(F)F)c2)c1=O. The molecule has 0 saturated heterocycles. The Morgan fingerprint density at radius 3 is 1.97 bits per heavy atom. The van der Waals surface area contributed by atoms with Gasteiger partial charge >= 0.3 is 12.4 Å². The lowest BCUT2D eigenvalue weighted by Crippen LogP contribution is -2.22. The van der Waals surface area contributed by atoms with Crippen LogP contribution in [-0.2, 0) is 17.1 Å². The van der Waals surface area contributed by atoms with Crippen LogP contribution in [0.3, 0.4) is 0 Å². The average molecular weight is 494 g/mol. The van der Waals surface area contributed by atoms with Crippen LogP contribution in [0.1, 0.15) is 29.3 Å². The van der Waals surface area contributed by atoms with Gasteiger partial charge in [-0.25, -0.2) is 4.68 Å². The molecule has 1 N–H and O–H groups in total. The quantitative estimate of drug-likeness (QED) is 0.396. The summed E-state index contributed by atoms with van der Waals surface area (Å²) in [5, 5.41) is 7.50. The molecule has 4 rings (SSSR count). The first-order chi connectivity index (χ1) is 16.3. The maximum atomic E-state index is 13.1. The van der Waals surface area contributed by atoms with Gasteiger partial charge in [-0.1, -0.05) is 12.1 Å². The van der Waals surface area contributed by atoms with Crippen LogP contribution in [0.2, 0.25) is 0 Å². The molecular formula is C23H16F6N4O2. The number of carbonyl (C=O) groups is 1. The first kappa shape index (κ1) is 24.0. The molecule has 0 saturated carbocycles. The fourth-order valence-electron chi connectivity index (χ4n) is 3.55. The van der Waals surface area contributed by atoms with Gasteiger partial charge < -0.3 is 0 Å². The smallest absolute Gasteiger partial charge is 0.295 e. The summed E-state index contributed by atoms with van der Waals surface area (Å²) >= 11 is 0. The maximum absolute atomic E-state index is 13.1. The van der Waals surface area contributed by atoms with E-state index in [1.165, 1.54) is 32.1 Å². The first-order valence-electron chi connectivity index (χ1n) is 10.1. The number of aromatic amines is 1. The number of alkyl halides is 6. The largest absolute Gasteiger partial charge is 0.416 e. The third kappa shape index (κ3) is 4.51. The standard InChI is InChI=1S/C23H16F6N4O2/c1-12-18(20(34)32(30-12)16-7-3-5-14(9-16)22(24,25)26)11-19-13(2)31-33(21(19)35)17-8-4-6-15(10-17)23(27,28)29/h3-11,30H,1-2H3. The zero-order chi connectivity index (χ0) is 25.7. The average Bonchev–Trinajstić information content (AvgIpc) is 3.23. The molecule has 0 unspecified atom stereocenters. The van der Waals surface area contributed by atoms with Crippen LogP contribution in [0.5, 0.6) is 0 Å². The molecule has 182 valence electrons. The molecule has 3 aromatic rings. The molecule has 0 fully saturated rings. The molecule has 1 amide bonds. The van der Waals surface area contributed by atoms with Crippen LogP contribution < -0.4 is 10.6 Å². The Hall–Kier alpha value is -4.09. The minimum Gasteiger partial charge on any atom is -0.295 e. The topological polar surface area (TPSA) is 70.5 Å². The zero-order valence-corrected chi connectivity index (χ0v) is 18.1. The van der Waals surface area contributed by atoms with E-state index in [9.17, 15) is 35.9 Å². The predicted octanol–water partition coefficient (Wildman–Crippen LogP) is 5.32. The van der Waals surface area contributed by atoms with Crippen LogP contribution >= 0.6 is 0 Å². The number of hydrogen-bond acceptors (Lipinski definition) is 3. The Kier molecular flexibility index (Phi) is 5.70.